The van der Waals surface area contributed by atoms with Crippen molar-refractivity contribution in [1.29, 1.82) is 0 Å². The van der Waals surface area contributed by atoms with E-state index in [1.807, 2.05) is 12.2 Å². The Morgan fingerprint density at radius 1 is 0.825 bits per heavy atom. The summed E-state index contributed by atoms with van der Waals surface area (Å²) in [5.41, 5.74) is 4.91. The molecule has 0 N–H and O–H groups in total. The molecule has 4 nitrogen and oxygen atoms in total. The molecule has 0 bridgehead atoms. The van der Waals surface area contributed by atoms with Gasteiger partial charge in [0.2, 0.25) is 11.4 Å². The standard InChI is InChI=1S/C36H32N2O2/c1-3-5-19-37-29-17-9-13-23-11-7-15-25(33(23)29)31(37)21-27-35(39)28(36(27)40)22-32-26-16-8-12-24-14-10-18-30(34(24)26)38(32)20-6-4-2/h7-18,21-22H,3-6,19-20H2,1-2H3. The summed E-state index contributed by atoms with van der Waals surface area (Å²) in [7, 11) is 0. The third-order valence-electron chi connectivity index (χ3n) is 8.49. The van der Waals surface area contributed by atoms with E-state index >= 15 is 0 Å². The first kappa shape index (κ1) is 24.6. The monoisotopic (exact) mass is 524 g/mol. The van der Waals surface area contributed by atoms with Crippen LogP contribution in [0.3, 0.4) is 0 Å². The summed E-state index contributed by atoms with van der Waals surface area (Å²) in [5.74, 6) is -0.329. The van der Waals surface area contributed by atoms with Crippen LogP contribution in [0.25, 0.3) is 38.5 Å². The molecule has 198 valence electrons. The second kappa shape index (κ2) is 9.63. The van der Waals surface area contributed by atoms with Gasteiger partial charge in [-0.15, -0.1) is 0 Å². The van der Waals surface area contributed by atoms with Crippen molar-refractivity contribution >= 4 is 55.7 Å². The van der Waals surface area contributed by atoms with Crippen molar-refractivity contribution in [2.45, 2.75) is 46.1 Å². The number of hydrogen-bond donors (Lipinski definition) is 0. The molecule has 5 aromatic rings. The van der Waals surface area contributed by atoms with Crippen LogP contribution in [-0.4, -0.2) is 27.2 Å². The summed E-state index contributed by atoms with van der Waals surface area (Å²) in [5, 5.41) is 20.4. The highest BCUT2D eigenvalue weighted by Crippen LogP contribution is 2.37. The lowest BCUT2D eigenvalue weighted by atomic mass is 9.86. The number of ketones is 1. The molecule has 1 aromatic heterocycles. The van der Waals surface area contributed by atoms with Gasteiger partial charge in [-0.3, -0.25) is 4.79 Å². The number of aromatic nitrogens is 1. The molecule has 0 amide bonds. The Morgan fingerprint density at radius 3 is 2.27 bits per heavy atom. The van der Waals surface area contributed by atoms with Crippen LogP contribution in [0.1, 0.15) is 45.1 Å². The highest BCUT2D eigenvalue weighted by molar-refractivity contribution is 6.29. The minimum atomic E-state index is -0.165. The summed E-state index contributed by atoms with van der Waals surface area (Å²) in [4.78, 5) is 13.6. The molecule has 0 atom stereocenters. The Balaban J connectivity index is 1.39. The Kier molecular flexibility index (Phi) is 5.92. The average molecular weight is 525 g/mol. The number of Topliss-reactive ketones (excluding diaryl/α,β-unsaturated/α-hetero) is 1. The molecule has 4 heteroatoms. The Labute approximate surface area is 233 Å². The Bertz CT molecular complexity index is 1990. The highest BCUT2D eigenvalue weighted by atomic mass is 16.3. The van der Waals surface area contributed by atoms with Crippen molar-refractivity contribution in [2.24, 2.45) is 0 Å². The lowest BCUT2D eigenvalue weighted by Crippen LogP contribution is -2.32. The number of carbonyl (C=O) groups is 1. The Morgan fingerprint density at radius 2 is 1.52 bits per heavy atom. The van der Waals surface area contributed by atoms with Gasteiger partial charge >= 0.3 is 0 Å². The SMILES string of the molecule is CCCCn1c(=CC2=C([O-])C(=CC3=[N+](CCCC)c4cccc5cccc3c45)C2=O)c2cccc3cccc1c32. The van der Waals surface area contributed by atoms with E-state index in [9.17, 15) is 9.90 Å². The van der Waals surface area contributed by atoms with E-state index in [0.717, 1.165) is 72.0 Å². The second-order valence-electron chi connectivity index (χ2n) is 10.9. The zero-order chi connectivity index (χ0) is 27.4. The number of rotatable bonds is 8. The minimum absolute atomic E-state index is 0.165. The molecule has 0 saturated heterocycles. The van der Waals surface area contributed by atoms with Gasteiger partial charge in [-0.1, -0.05) is 87.0 Å². The molecule has 1 aliphatic heterocycles. The van der Waals surface area contributed by atoms with E-state index in [-0.39, 0.29) is 22.7 Å². The molecule has 7 rings (SSSR count). The van der Waals surface area contributed by atoms with Crippen molar-refractivity contribution in [1.82, 2.24) is 4.57 Å². The minimum Gasteiger partial charge on any atom is -0.871 e. The molecule has 40 heavy (non-hydrogen) atoms. The second-order valence-corrected chi connectivity index (χ2v) is 10.9. The van der Waals surface area contributed by atoms with E-state index in [2.05, 4.69) is 95.8 Å². The first-order valence-corrected chi connectivity index (χ1v) is 14.5. The molecule has 1 aliphatic carbocycles. The summed E-state index contributed by atoms with van der Waals surface area (Å²) in [6, 6.07) is 25.3. The van der Waals surface area contributed by atoms with Crippen molar-refractivity contribution in [3.8, 4) is 0 Å². The van der Waals surface area contributed by atoms with Crippen LogP contribution >= 0.6 is 0 Å². The van der Waals surface area contributed by atoms with Gasteiger partial charge in [0.05, 0.1) is 10.9 Å². The third-order valence-corrected chi connectivity index (χ3v) is 8.49. The average Bonchev–Trinajstić information content (AvgIpc) is 3.46. The maximum absolute atomic E-state index is 13.6. The van der Waals surface area contributed by atoms with Crippen LogP contribution in [-0.2, 0) is 11.3 Å². The van der Waals surface area contributed by atoms with Gasteiger partial charge in [-0.2, -0.15) is 4.58 Å². The molecule has 2 aliphatic rings. The molecule has 0 radical (unpaired) electrons. The van der Waals surface area contributed by atoms with Gasteiger partial charge in [0.25, 0.3) is 0 Å². The first-order chi connectivity index (χ1) is 19.6. The molecular weight excluding hydrogens is 492 g/mol. The largest absolute Gasteiger partial charge is 0.871 e. The lowest BCUT2D eigenvalue weighted by molar-refractivity contribution is -0.436. The zero-order valence-corrected chi connectivity index (χ0v) is 23.0. The van der Waals surface area contributed by atoms with Crippen LogP contribution in [0.15, 0.2) is 95.8 Å². The van der Waals surface area contributed by atoms with Gasteiger partial charge in [0.15, 0.2) is 5.78 Å². The fraction of sp³-hybridized carbons (Fsp3) is 0.222. The van der Waals surface area contributed by atoms with E-state index in [4.69, 9.17) is 0 Å². The summed E-state index contributed by atoms with van der Waals surface area (Å²) < 4.78 is 4.57. The number of unbranched alkanes of at least 4 members (excludes halogenated alkanes) is 2. The number of nitrogens with zero attached hydrogens (tertiary/aromatic N) is 2. The van der Waals surface area contributed by atoms with Crippen LogP contribution in [0.2, 0.25) is 0 Å². The van der Waals surface area contributed by atoms with Crippen molar-refractivity contribution < 1.29 is 14.5 Å². The fourth-order valence-electron chi connectivity index (χ4n) is 6.46. The summed E-state index contributed by atoms with van der Waals surface area (Å²) in [6.07, 6.45) is 7.88. The number of allylic oxidation sites excluding steroid dienone is 3. The normalized spacial score (nSPS) is 16.5. The number of aryl methyl sites for hydroxylation is 1. The summed E-state index contributed by atoms with van der Waals surface area (Å²) >= 11 is 0. The molecule has 0 saturated carbocycles. The lowest BCUT2D eigenvalue weighted by Gasteiger charge is -2.28. The first-order valence-electron chi connectivity index (χ1n) is 14.5. The van der Waals surface area contributed by atoms with Crippen molar-refractivity contribution in [3.63, 3.8) is 0 Å². The Hall–Kier alpha value is -4.44. The van der Waals surface area contributed by atoms with E-state index in [0.29, 0.717) is 0 Å². The number of carbonyl (C=O) groups excluding carboxylic acids is 1. The quantitative estimate of drug-likeness (QED) is 0.176. The topological polar surface area (TPSA) is 48.1 Å². The van der Waals surface area contributed by atoms with Crippen LogP contribution in [0, 0.1) is 0 Å². The van der Waals surface area contributed by atoms with Gasteiger partial charge in [-0.25, -0.2) is 0 Å². The molecular formula is C36H32N2O2. The predicted molar refractivity (Wildman–Crippen MR) is 162 cm³/mol. The van der Waals surface area contributed by atoms with Gasteiger partial charge in [0.1, 0.15) is 6.54 Å². The maximum Gasteiger partial charge on any atom is 0.214 e. The van der Waals surface area contributed by atoms with Crippen LogP contribution < -0.4 is 10.5 Å². The molecule has 0 spiro atoms. The zero-order valence-electron chi connectivity index (χ0n) is 23.0. The molecule has 4 aromatic carbocycles. The van der Waals surface area contributed by atoms with Crippen molar-refractivity contribution in [3.05, 3.63) is 107 Å². The highest BCUT2D eigenvalue weighted by Gasteiger charge is 2.34. The predicted octanol–water partition coefficient (Wildman–Crippen LogP) is 6.32. The van der Waals surface area contributed by atoms with Gasteiger partial charge < -0.3 is 9.67 Å². The van der Waals surface area contributed by atoms with E-state index in [1.54, 1.807) is 0 Å². The van der Waals surface area contributed by atoms with Gasteiger partial charge in [0, 0.05) is 57.9 Å². The molecule has 0 unspecified atom stereocenters. The smallest absolute Gasteiger partial charge is 0.214 e. The fourth-order valence-corrected chi connectivity index (χ4v) is 6.46. The third kappa shape index (κ3) is 3.59. The summed E-state index contributed by atoms with van der Waals surface area (Å²) in [6.45, 7) is 6.06. The number of hydrogen-bond acceptors (Lipinski definition) is 2. The van der Waals surface area contributed by atoms with Crippen molar-refractivity contribution in [2.75, 3.05) is 6.54 Å². The maximum atomic E-state index is 13.6. The molecule has 2 heterocycles. The van der Waals surface area contributed by atoms with E-state index < -0.39 is 0 Å². The van der Waals surface area contributed by atoms with Gasteiger partial charge in [-0.05, 0) is 35.4 Å². The van der Waals surface area contributed by atoms with E-state index in [1.165, 1.54) is 21.5 Å². The van der Waals surface area contributed by atoms with Crippen LogP contribution in [0.5, 0.6) is 0 Å². The van der Waals surface area contributed by atoms with Crippen LogP contribution in [0.4, 0.5) is 5.69 Å². The number of benzene rings is 4. The molecule has 0 fully saturated rings.